The molecule has 2 heterocycles. The summed E-state index contributed by atoms with van der Waals surface area (Å²) in [5.41, 5.74) is 7.05. The average Bonchev–Trinajstić information content (AvgIpc) is 2.28. The van der Waals surface area contributed by atoms with E-state index in [1.807, 2.05) is 13.0 Å². The van der Waals surface area contributed by atoms with Gasteiger partial charge < -0.3 is 5.73 Å². The summed E-state index contributed by atoms with van der Waals surface area (Å²) in [7, 11) is -3.56. The maximum absolute atomic E-state index is 12.2. The number of rotatable bonds is 3. The van der Waals surface area contributed by atoms with Crippen molar-refractivity contribution >= 4 is 15.5 Å². The fraction of sp³-hybridized carbons (Fsp3) is 0.167. The van der Waals surface area contributed by atoms with Crippen molar-refractivity contribution in [2.45, 2.75) is 17.7 Å². The summed E-state index contributed by atoms with van der Waals surface area (Å²) < 4.78 is 24.3. The van der Waals surface area contributed by atoms with Gasteiger partial charge in [0.05, 0.1) is 17.1 Å². The Kier molecular flexibility index (Phi) is 3.29. The summed E-state index contributed by atoms with van der Waals surface area (Å²) in [6, 6.07) is 8.37. The molecule has 18 heavy (non-hydrogen) atoms. The van der Waals surface area contributed by atoms with Crippen molar-refractivity contribution in [1.29, 1.82) is 0 Å². The van der Waals surface area contributed by atoms with Crippen LogP contribution in [0, 0.1) is 6.92 Å². The van der Waals surface area contributed by atoms with Crippen LogP contribution < -0.4 is 5.73 Å². The van der Waals surface area contributed by atoms with Crippen molar-refractivity contribution in [2.75, 3.05) is 5.73 Å². The van der Waals surface area contributed by atoms with Crippen LogP contribution in [0.15, 0.2) is 41.6 Å². The van der Waals surface area contributed by atoms with Gasteiger partial charge in [-0.25, -0.2) is 13.4 Å². The second-order valence-electron chi connectivity index (χ2n) is 3.93. The summed E-state index contributed by atoms with van der Waals surface area (Å²) in [6.45, 7) is 1.81. The molecular weight excluding hydrogens is 250 g/mol. The number of aromatic nitrogens is 2. The van der Waals surface area contributed by atoms with Crippen molar-refractivity contribution in [1.82, 2.24) is 9.97 Å². The third-order valence-electron chi connectivity index (χ3n) is 2.38. The highest BCUT2D eigenvalue weighted by molar-refractivity contribution is 7.90. The molecule has 2 aromatic rings. The predicted octanol–water partition coefficient (Wildman–Crippen LogP) is 1.34. The van der Waals surface area contributed by atoms with Crippen LogP contribution >= 0.6 is 0 Å². The molecule has 2 rings (SSSR count). The second kappa shape index (κ2) is 4.73. The van der Waals surface area contributed by atoms with E-state index in [0.29, 0.717) is 5.69 Å². The highest BCUT2D eigenvalue weighted by Crippen LogP contribution is 2.18. The molecule has 5 nitrogen and oxygen atoms in total. The molecule has 6 heteroatoms. The summed E-state index contributed by atoms with van der Waals surface area (Å²) in [6.07, 6.45) is 1.41. The van der Waals surface area contributed by atoms with Gasteiger partial charge in [0.2, 0.25) is 9.84 Å². The zero-order valence-corrected chi connectivity index (χ0v) is 10.7. The Morgan fingerprint density at radius 3 is 2.67 bits per heavy atom. The molecule has 0 fully saturated rings. The Labute approximate surface area is 106 Å². The fourth-order valence-corrected chi connectivity index (χ4v) is 2.94. The summed E-state index contributed by atoms with van der Waals surface area (Å²) in [4.78, 5) is 7.99. The maximum Gasteiger partial charge on any atom is 0.203 e. The third-order valence-corrected chi connectivity index (χ3v) is 3.99. The van der Waals surface area contributed by atoms with Crippen LogP contribution in [0.4, 0.5) is 5.69 Å². The lowest BCUT2D eigenvalue weighted by Gasteiger charge is -2.06. The molecule has 0 unspecified atom stereocenters. The third kappa shape index (κ3) is 2.65. The van der Waals surface area contributed by atoms with Crippen LogP contribution in [0.5, 0.6) is 0 Å². The van der Waals surface area contributed by atoms with Crippen molar-refractivity contribution in [3.05, 3.63) is 47.9 Å². The lowest BCUT2D eigenvalue weighted by Crippen LogP contribution is -2.11. The van der Waals surface area contributed by atoms with Crippen molar-refractivity contribution in [3.63, 3.8) is 0 Å². The number of aryl methyl sites for hydroxylation is 1. The van der Waals surface area contributed by atoms with Gasteiger partial charge in [-0.1, -0.05) is 6.07 Å². The Bertz CT molecular complexity index is 669. The number of nitrogen functional groups attached to an aromatic ring is 1. The van der Waals surface area contributed by atoms with E-state index >= 15 is 0 Å². The number of hydrogen-bond donors (Lipinski definition) is 1. The highest BCUT2D eigenvalue weighted by Gasteiger charge is 2.20. The predicted molar refractivity (Wildman–Crippen MR) is 68.5 cm³/mol. The minimum Gasteiger partial charge on any atom is -0.396 e. The molecule has 2 aromatic heterocycles. The van der Waals surface area contributed by atoms with E-state index in [9.17, 15) is 8.42 Å². The molecule has 2 N–H and O–H groups in total. The standard InChI is InChI=1S/C12H13N3O2S/c1-9-4-2-5-10(15-9)8-18(16,17)12-11(13)6-3-7-14-12/h2-7H,8,13H2,1H3. The summed E-state index contributed by atoms with van der Waals surface area (Å²) in [5.74, 6) is -0.199. The topological polar surface area (TPSA) is 85.9 Å². The van der Waals surface area contributed by atoms with Crippen LogP contribution in [0.3, 0.4) is 0 Å². The van der Waals surface area contributed by atoms with Crippen molar-refractivity contribution < 1.29 is 8.42 Å². The van der Waals surface area contributed by atoms with Gasteiger partial charge in [0.25, 0.3) is 0 Å². The van der Waals surface area contributed by atoms with Gasteiger partial charge in [-0.05, 0) is 31.2 Å². The maximum atomic E-state index is 12.2. The lowest BCUT2D eigenvalue weighted by molar-refractivity contribution is 0.591. The van der Waals surface area contributed by atoms with Crippen LogP contribution in [0.25, 0.3) is 0 Å². The molecule has 0 aliphatic carbocycles. The molecule has 0 atom stereocenters. The lowest BCUT2D eigenvalue weighted by atomic mass is 10.3. The first kappa shape index (κ1) is 12.5. The number of nitrogens with zero attached hydrogens (tertiary/aromatic N) is 2. The molecule has 0 spiro atoms. The van der Waals surface area contributed by atoms with Crippen molar-refractivity contribution in [2.24, 2.45) is 0 Å². The van der Waals surface area contributed by atoms with Gasteiger partial charge in [0, 0.05) is 11.9 Å². The SMILES string of the molecule is Cc1cccc(CS(=O)(=O)c2ncccc2N)n1. The molecule has 0 saturated carbocycles. The van der Waals surface area contributed by atoms with Crippen molar-refractivity contribution in [3.8, 4) is 0 Å². The minimum atomic E-state index is -3.56. The molecule has 0 amide bonds. The van der Waals surface area contributed by atoms with Crippen LogP contribution in [0.1, 0.15) is 11.4 Å². The zero-order chi connectivity index (χ0) is 13.2. The van der Waals surface area contributed by atoms with Crippen LogP contribution in [0.2, 0.25) is 0 Å². The second-order valence-corrected chi connectivity index (χ2v) is 5.83. The van der Waals surface area contributed by atoms with Crippen LogP contribution in [-0.2, 0) is 15.6 Å². The largest absolute Gasteiger partial charge is 0.396 e. The van der Waals surface area contributed by atoms with E-state index in [1.54, 1.807) is 18.2 Å². The number of nitrogens with two attached hydrogens (primary N) is 1. The van der Waals surface area contributed by atoms with E-state index in [-0.39, 0.29) is 16.5 Å². The number of sulfone groups is 1. The molecular formula is C12H13N3O2S. The van der Waals surface area contributed by atoms with Gasteiger partial charge in [0.1, 0.15) is 0 Å². The van der Waals surface area contributed by atoms with E-state index in [0.717, 1.165) is 5.69 Å². The first-order chi connectivity index (χ1) is 8.49. The minimum absolute atomic E-state index is 0.0895. The van der Waals surface area contributed by atoms with E-state index in [2.05, 4.69) is 9.97 Å². The first-order valence-corrected chi connectivity index (χ1v) is 7.00. The summed E-state index contributed by atoms with van der Waals surface area (Å²) in [5, 5.41) is -0.0895. The first-order valence-electron chi connectivity index (χ1n) is 5.35. The Hall–Kier alpha value is -1.95. The molecule has 0 aliphatic rings. The molecule has 94 valence electrons. The molecule has 0 aliphatic heterocycles. The number of pyridine rings is 2. The quantitative estimate of drug-likeness (QED) is 0.903. The monoisotopic (exact) mass is 263 g/mol. The molecule has 0 bridgehead atoms. The van der Waals surface area contributed by atoms with E-state index in [1.165, 1.54) is 12.3 Å². The normalized spacial score (nSPS) is 11.4. The molecule has 0 saturated heterocycles. The average molecular weight is 263 g/mol. The van der Waals surface area contributed by atoms with Gasteiger partial charge in [-0.3, -0.25) is 4.98 Å². The van der Waals surface area contributed by atoms with Gasteiger partial charge in [-0.2, -0.15) is 0 Å². The van der Waals surface area contributed by atoms with E-state index < -0.39 is 9.84 Å². The molecule has 0 aromatic carbocycles. The molecule has 0 radical (unpaired) electrons. The van der Waals surface area contributed by atoms with Crippen LogP contribution in [-0.4, -0.2) is 18.4 Å². The summed E-state index contributed by atoms with van der Waals surface area (Å²) >= 11 is 0. The smallest absolute Gasteiger partial charge is 0.203 e. The Balaban J connectivity index is 2.37. The van der Waals surface area contributed by atoms with Gasteiger partial charge in [0.15, 0.2) is 5.03 Å². The fourth-order valence-electron chi connectivity index (χ4n) is 1.61. The van der Waals surface area contributed by atoms with Gasteiger partial charge >= 0.3 is 0 Å². The highest BCUT2D eigenvalue weighted by atomic mass is 32.2. The Morgan fingerprint density at radius 2 is 2.00 bits per heavy atom. The number of hydrogen-bond acceptors (Lipinski definition) is 5. The van der Waals surface area contributed by atoms with E-state index in [4.69, 9.17) is 5.73 Å². The number of anilines is 1. The Morgan fingerprint density at radius 1 is 1.22 bits per heavy atom. The zero-order valence-electron chi connectivity index (χ0n) is 9.87. The van der Waals surface area contributed by atoms with Gasteiger partial charge in [-0.15, -0.1) is 0 Å².